The lowest BCUT2D eigenvalue weighted by Gasteiger charge is -2.17. The Morgan fingerprint density at radius 2 is 2.25 bits per heavy atom. The van der Waals surface area contributed by atoms with Crippen molar-refractivity contribution in [3.63, 3.8) is 0 Å². The zero-order valence-electron chi connectivity index (χ0n) is 7.29. The molecule has 0 aromatic rings. The van der Waals surface area contributed by atoms with E-state index >= 15 is 0 Å². The van der Waals surface area contributed by atoms with Gasteiger partial charge in [-0.25, -0.2) is 8.42 Å². The van der Waals surface area contributed by atoms with Crippen molar-refractivity contribution in [3.8, 4) is 0 Å². The van der Waals surface area contributed by atoms with E-state index in [1.807, 2.05) is 0 Å². The van der Waals surface area contributed by atoms with E-state index in [0.29, 0.717) is 23.3 Å². The molecule has 0 radical (unpaired) electrons. The quantitative estimate of drug-likeness (QED) is 0.721. The molecule has 1 rings (SSSR count). The Labute approximate surface area is 82.8 Å². The number of alkyl halides is 1. The molecule has 0 spiro atoms. The Kier molecular flexibility index (Phi) is 3.58. The Morgan fingerprint density at radius 3 is 2.58 bits per heavy atom. The summed E-state index contributed by atoms with van der Waals surface area (Å²) in [6.07, 6.45) is 1.94. The lowest BCUT2D eigenvalue weighted by Crippen LogP contribution is -2.16. The first kappa shape index (κ1) is 10.5. The summed E-state index contributed by atoms with van der Waals surface area (Å²) in [5.41, 5.74) is 0. The van der Waals surface area contributed by atoms with Crippen LogP contribution in [0.4, 0.5) is 0 Å². The number of hydrogen-bond acceptors (Lipinski definition) is 2. The van der Waals surface area contributed by atoms with E-state index in [-0.39, 0.29) is 0 Å². The minimum atomic E-state index is -2.68. The lowest BCUT2D eigenvalue weighted by atomic mass is 9.92. The smallest absolute Gasteiger partial charge is 0.150 e. The molecular weight excluding hydrogens is 240 g/mol. The van der Waals surface area contributed by atoms with Gasteiger partial charge in [0.1, 0.15) is 0 Å². The zero-order valence-corrected chi connectivity index (χ0v) is 9.70. The summed E-state index contributed by atoms with van der Waals surface area (Å²) >= 11 is 3.43. The maximum atomic E-state index is 11.2. The normalized spacial score (nSPS) is 30.3. The van der Waals surface area contributed by atoms with Crippen molar-refractivity contribution in [1.29, 1.82) is 0 Å². The topological polar surface area (TPSA) is 34.1 Å². The molecule has 0 N–H and O–H groups in total. The van der Waals surface area contributed by atoms with Crippen molar-refractivity contribution in [2.45, 2.75) is 19.8 Å². The molecule has 0 aromatic heterocycles. The molecule has 1 aliphatic heterocycles. The molecule has 1 heterocycles. The lowest BCUT2D eigenvalue weighted by molar-refractivity contribution is 0.393. The molecule has 72 valence electrons. The minimum Gasteiger partial charge on any atom is -0.229 e. The Hall–Kier alpha value is 0.430. The van der Waals surface area contributed by atoms with Gasteiger partial charge in [-0.1, -0.05) is 29.3 Å². The summed E-state index contributed by atoms with van der Waals surface area (Å²) in [6.45, 7) is 2.12. The van der Waals surface area contributed by atoms with E-state index in [1.165, 1.54) is 0 Å². The fourth-order valence-electron chi connectivity index (χ4n) is 1.76. The molecule has 1 saturated heterocycles. The monoisotopic (exact) mass is 254 g/mol. The van der Waals surface area contributed by atoms with E-state index in [1.54, 1.807) is 0 Å². The first-order valence-corrected chi connectivity index (χ1v) is 7.29. The van der Waals surface area contributed by atoms with Gasteiger partial charge in [0.15, 0.2) is 9.84 Å². The molecule has 0 aromatic carbocycles. The van der Waals surface area contributed by atoms with Gasteiger partial charge in [-0.15, -0.1) is 0 Å². The first-order chi connectivity index (χ1) is 5.59. The van der Waals surface area contributed by atoms with Crippen molar-refractivity contribution in [1.82, 2.24) is 0 Å². The third-order valence-corrected chi connectivity index (χ3v) is 5.28. The summed E-state index contributed by atoms with van der Waals surface area (Å²) < 4.78 is 22.3. The standard InChI is InChI=1S/C8H15BrO2S/c1-2-7(5-9)8-3-4-12(10,11)6-8/h7-8H,2-6H2,1H3. The molecule has 1 aliphatic rings. The van der Waals surface area contributed by atoms with Gasteiger partial charge in [0, 0.05) is 5.33 Å². The summed E-state index contributed by atoms with van der Waals surface area (Å²) in [4.78, 5) is 0. The van der Waals surface area contributed by atoms with Gasteiger partial charge in [0.05, 0.1) is 11.5 Å². The maximum absolute atomic E-state index is 11.2. The van der Waals surface area contributed by atoms with Gasteiger partial charge < -0.3 is 0 Å². The van der Waals surface area contributed by atoms with Crippen LogP contribution < -0.4 is 0 Å². The van der Waals surface area contributed by atoms with Crippen LogP contribution in [0.5, 0.6) is 0 Å². The van der Waals surface area contributed by atoms with Crippen LogP contribution in [0.3, 0.4) is 0 Å². The van der Waals surface area contributed by atoms with Crippen LogP contribution in [0.2, 0.25) is 0 Å². The minimum absolute atomic E-state index is 0.402. The van der Waals surface area contributed by atoms with Crippen molar-refractivity contribution in [3.05, 3.63) is 0 Å². The zero-order chi connectivity index (χ0) is 9.19. The van der Waals surface area contributed by atoms with Gasteiger partial charge >= 0.3 is 0 Å². The van der Waals surface area contributed by atoms with Gasteiger partial charge in [0.2, 0.25) is 0 Å². The van der Waals surface area contributed by atoms with E-state index in [9.17, 15) is 8.42 Å². The number of rotatable bonds is 3. The Bertz CT molecular complexity index is 231. The summed E-state index contributed by atoms with van der Waals surface area (Å²) in [5, 5.41) is 0.934. The maximum Gasteiger partial charge on any atom is 0.150 e. The molecule has 12 heavy (non-hydrogen) atoms. The predicted molar refractivity (Wildman–Crippen MR) is 54.3 cm³/mol. The van der Waals surface area contributed by atoms with Gasteiger partial charge in [0.25, 0.3) is 0 Å². The van der Waals surface area contributed by atoms with Gasteiger partial charge in [-0.05, 0) is 18.3 Å². The van der Waals surface area contributed by atoms with Crippen LogP contribution in [0, 0.1) is 11.8 Å². The largest absolute Gasteiger partial charge is 0.229 e. The highest BCUT2D eigenvalue weighted by Gasteiger charge is 2.32. The molecule has 0 aliphatic carbocycles. The average Bonchev–Trinajstić information content (AvgIpc) is 2.34. The van der Waals surface area contributed by atoms with Crippen molar-refractivity contribution >= 4 is 25.8 Å². The highest BCUT2D eigenvalue weighted by atomic mass is 79.9. The fraction of sp³-hybridized carbons (Fsp3) is 1.00. The van der Waals surface area contributed by atoms with Crippen LogP contribution >= 0.6 is 15.9 Å². The second-order valence-electron chi connectivity index (χ2n) is 3.49. The molecule has 0 amide bonds. The van der Waals surface area contributed by atoms with Gasteiger partial charge in [-0.2, -0.15) is 0 Å². The SMILES string of the molecule is CCC(CBr)C1CCS(=O)(=O)C1. The molecular formula is C8H15BrO2S. The Morgan fingerprint density at radius 1 is 1.58 bits per heavy atom. The molecule has 0 bridgehead atoms. The molecule has 0 saturated carbocycles. The predicted octanol–water partition coefficient (Wildman–Crippen LogP) is 1.84. The average molecular weight is 255 g/mol. The van der Waals surface area contributed by atoms with E-state index in [2.05, 4.69) is 22.9 Å². The van der Waals surface area contributed by atoms with Crippen molar-refractivity contribution < 1.29 is 8.42 Å². The molecule has 2 atom stereocenters. The van der Waals surface area contributed by atoms with E-state index in [4.69, 9.17) is 0 Å². The van der Waals surface area contributed by atoms with Crippen LogP contribution in [0.25, 0.3) is 0 Å². The molecule has 2 unspecified atom stereocenters. The van der Waals surface area contributed by atoms with Crippen molar-refractivity contribution in [2.24, 2.45) is 11.8 Å². The summed E-state index contributed by atoms with van der Waals surface area (Å²) in [7, 11) is -2.68. The molecule has 2 nitrogen and oxygen atoms in total. The Balaban J connectivity index is 2.56. The highest BCUT2D eigenvalue weighted by molar-refractivity contribution is 9.09. The van der Waals surface area contributed by atoms with Crippen molar-refractivity contribution in [2.75, 3.05) is 16.8 Å². The summed E-state index contributed by atoms with van der Waals surface area (Å²) in [5.74, 6) is 1.76. The third-order valence-electron chi connectivity index (χ3n) is 2.66. The highest BCUT2D eigenvalue weighted by Crippen LogP contribution is 2.29. The first-order valence-electron chi connectivity index (χ1n) is 4.35. The van der Waals surface area contributed by atoms with Crippen LogP contribution in [0.1, 0.15) is 19.8 Å². The molecule has 1 fully saturated rings. The second-order valence-corrected chi connectivity index (χ2v) is 6.36. The number of sulfone groups is 1. The third kappa shape index (κ3) is 2.46. The van der Waals surface area contributed by atoms with Crippen LogP contribution in [-0.4, -0.2) is 25.3 Å². The van der Waals surface area contributed by atoms with E-state index < -0.39 is 9.84 Å². The fourth-order valence-corrected chi connectivity index (χ4v) is 4.67. The summed E-state index contributed by atoms with van der Waals surface area (Å²) in [6, 6.07) is 0. The van der Waals surface area contributed by atoms with Crippen LogP contribution in [-0.2, 0) is 9.84 Å². The van der Waals surface area contributed by atoms with E-state index in [0.717, 1.165) is 18.2 Å². The second kappa shape index (κ2) is 4.09. The van der Waals surface area contributed by atoms with Crippen LogP contribution in [0.15, 0.2) is 0 Å². The number of hydrogen-bond donors (Lipinski definition) is 0. The van der Waals surface area contributed by atoms with Gasteiger partial charge in [-0.3, -0.25) is 0 Å². The number of halogens is 1. The molecule has 4 heteroatoms.